The average molecular weight is 327 g/mol. The molecular weight excluding hydrogens is 304 g/mol. The highest BCUT2D eigenvalue weighted by Crippen LogP contribution is 2.17. The standard InChI is InChI=1S/C14H23BrN4/c1-11(2)14-17-12(15)10-13(18-14)16-6-5-9-19-7-3-4-8-19/h10-11H,3-9H2,1-2H3,(H,16,17,18). The summed E-state index contributed by atoms with van der Waals surface area (Å²) in [4.78, 5) is 11.5. The molecule has 0 saturated carbocycles. The van der Waals surface area contributed by atoms with Crippen molar-refractivity contribution in [2.75, 3.05) is 31.5 Å². The lowest BCUT2D eigenvalue weighted by Crippen LogP contribution is -2.22. The van der Waals surface area contributed by atoms with Gasteiger partial charge in [-0.05, 0) is 54.8 Å². The molecule has 1 aliphatic rings. The molecule has 0 spiro atoms. The number of hydrogen-bond acceptors (Lipinski definition) is 4. The first-order chi connectivity index (χ1) is 9.15. The maximum Gasteiger partial charge on any atom is 0.134 e. The highest BCUT2D eigenvalue weighted by molar-refractivity contribution is 9.10. The second kappa shape index (κ2) is 7.20. The van der Waals surface area contributed by atoms with Gasteiger partial charge in [-0.3, -0.25) is 0 Å². The molecule has 5 heteroatoms. The van der Waals surface area contributed by atoms with Crippen LogP contribution in [0.3, 0.4) is 0 Å². The fourth-order valence-corrected chi connectivity index (χ4v) is 2.71. The Hall–Kier alpha value is -0.680. The predicted octanol–water partition coefficient (Wildman–Crippen LogP) is 3.26. The number of halogens is 1. The van der Waals surface area contributed by atoms with Gasteiger partial charge >= 0.3 is 0 Å². The summed E-state index contributed by atoms with van der Waals surface area (Å²) in [5.41, 5.74) is 0. The number of hydrogen-bond donors (Lipinski definition) is 1. The van der Waals surface area contributed by atoms with Gasteiger partial charge in [0, 0.05) is 18.5 Å². The van der Waals surface area contributed by atoms with Crippen LogP contribution in [0.1, 0.15) is 44.9 Å². The molecule has 1 aliphatic heterocycles. The Morgan fingerprint density at radius 2 is 2.05 bits per heavy atom. The van der Waals surface area contributed by atoms with Crippen LogP contribution in [0.5, 0.6) is 0 Å². The molecule has 19 heavy (non-hydrogen) atoms. The van der Waals surface area contributed by atoms with Gasteiger partial charge in [0.25, 0.3) is 0 Å². The monoisotopic (exact) mass is 326 g/mol. The maximum atomic E-state index is 4.54. The Morgan fingerprint density at radius 3 is 2.74 bits per heavy atom. The van der Waals surface area contributed by atoms with Crippen molar-refractivity contribution in [3.8, 4) is 0 Å². The first-order valence-corrected chi connectivity index (χ1v) is 7.95. The van der Waals surface area contributed by atoms with E-state index in [0.717, 1.165) is 22.8 Å². The van der Waals surface area contributed by atoms with Crippen molar-refractivity contribution in [3.63, 3.8) is 0 Å². The van der Waals surface area contributed by atoms with E-state index >= 15 is 0 Å². The van der Waals surface area contributed by atoms with E-state index in [4.69, 9.17) is 0 Å². The van der Waals surface area contributed by atoms with Crippen molar-refractivity contribution >= 4 is 21.7 Å². The van der Waals surface area contributed by atoms with Crippen LogP contribution < -0.4 is 5.32 Å². The molecule has 0 unspecified atom stereocenters. The van der Waals surface area contributed by atoms with Gasteiger partial charge in [0.1, 0.15) is 16.2 Å². The summed E-state index contributed by atoms with van der Waals surface area (Å²) in [5, 5.41) is 3.40. The molecule has 1 saturated heterocycles. The van der Waals surface area contributed by atoms with Gasteiger partial charge in [-0.1, -0.05) is 13.8 Å². The van der Waals surface area contributed by atoms with Crippen LogP contribution >= 0.6 is 15.9 Å². The van der Waals surface area contributed by atoms with E-state index in [9.17, 15) is 0 Å². The summed E-state index contributed by atoms with van der Waals surface area (Å²) in [6, 6.07) is 1.95. The lowest BCUT2D eigenvalue weighted by Gasteiger charge is -2.15. The molecule has 0 aliphatic carbocycles. The van der Waals surface area contributed by atoms with Crippen LogP contribution in [0.2, 0.25) is 0 Å². The molecule has 2 heterocycles. The molecule has 1 fully saturated rings. The van der Waals surface area contributed by atoms with Gasteiger partial charge in [0.2, 0.25) is 0 Å². The van der Waals surface area contributed by atoms with E-state index in [2.05, 4.69) is 50.0 Å². The molecule has 1 aromatic rings. The van der Waals surface area contributed by atoms with Gasteiger partial charge in [0.15, 0.2) is 0 Å². The summed E-state index contributed by atoms with van der Waals surface area (Å²) in [7, 11) is 0. The molecule has 4 nitrogen and oxygen atoms in total. The molecule has 0 atom stereocenters. The van der Waals surface area contributed by atoms with Crippen molar-refractivity contribution in [2.45, 2.75) is 39.0 Å². The zero-order chi connectivity index (χ0) is 13.7. The molecule has 0 amide bonds. The van der Waals surface area contributed by atoms with Gasteiger partial charge < -0.3 is 10.2 Å². The summed E-state index contributed by atoms with van der Waals surface area (Å²) in [5.74, 6) is 2.16. The Balaban J connectivity index is 1.78. The fraction of sp³-hybridized carbons (Fsp3) is 0.714. The number of likely N-dealkylation sites (tertiary alicyclic amines) is 1. The SMILES string of the molecule is CC(C)c1nc(Br)cc(NCCCN2CCCC2)n1. The van der Waals surface area contributed by atoms with Gasteiger partial charge in [0.05, 0.1) is 0 Å². The van der Waals surface area contributed by atoms with E-state index in [1.165, 1.54) is 38.9 Å². The number of anilines is 1. The zero-order valence-corrected chi connectivity index (χ0v) is 13.4. The minimum absolute atomic E-state index is 0.350. The van der Waals surface area contributed by atoms with E-state index in [-0.39, 0.29) is 0 Å². The normalized spacial score (nSPS) is 16.2. The summed E-state index contributed by atoms with van der Waals surface area (Å²) >= 11 is 3.44. The average Bonchev–Trinajstić information content (AvgIpc) is 2.87. The van der Waals surface area contributed by atoms with E-state index in [0.29, 0.717) is 5.92 Å². The molecule has 0 radical (unpaired) electrons. The van der Waals surface area contributed by atoms with Crippen molar-refractivity contribution in [1.29, 1.82) is 0 Å². The molecular formula is C14H23BrN4. The van der Waals surface area contributed by atoms with E-state index < -0.39 is 0 Å². The van der Waals surface area contributed by atoms with Gasteiger partial charge in [-0.25, -0.2) is 9.97 Å². The minimum atomic E-state index is 0.350. The predicted molar refractivity (Wildman–Crippen MR) is 82.6 cm³/mol. The van der Waals surface area contributed by atoms with Crippen molar-refractivity contribution in [3.05, 3.63) is 16.5 Å². The lowest BCUT2D eigenvalue weighted by molar-refractivity contribution is 0.337. The van der Waals surface area contributed by atoms with Crippen LogP contribution in [0.25, 0.3) is 0 Å². The summed E-state index contributed by atoms with van der Waals surface area (Å²) in [6.45, 7) is 8.93. The number of rotatable bonds is 6. The van der Waals surface area contributed by atoms with E-state index in [1.807, 2.05) is 6.07 Å². The first kappa shape index (κ1) is 14.7. The second-order valence-electron chi connectivity index (χ2n) is 5.42. The van der Waals surface area contributed by atoms with Crippen molar-refractivity contribution < 1.29 is 0 Å². The maximum absolute atomic E-state index is 4.54. The third-order valence-electron chi connectivity index (χ3n) is 3.38. The summed E-state index contributed by atoms with van der Waals surface area (Å²) < 4.78 is 0.855. The summed E-state index contributed by atoms with van der Waals surface area (Å²) in [6.07, 6.45) is 3.90. The quantitative estimate of drug-likeness (QED) is 0.643. The molecule has 106 valence electrons. The van der Waals surface area contributed by atoms with E-state index in [1.54, 1.807) is 0 Å². The van der Waals surface area contributed by atoms with Crippen LogP contribution in [0.15, 0.2) is 10.7 Å². The molecule has 1 aromatic heterocycles. The van der Waals surface area contributed by atoms with Crippen LogP contribution in [-0.4, -0.2) is 41.0 Å². The number of aromatic nitrogens is 2. The molecule has 0 bridgehead atoms. The van der Waals surface area contributed by atoms with Gasteiger partial charge in [-0.15, -0.1) is 0 Å². The van der Waals surface area contributed by atoms with Crippen LogP contribution in [0.4, 0.5) is 5.82 Å². The number of nitrogens with zero attached hydrogens (tertiary/aromatic N) is 3. The third kappa shape index (κ3) is 4.73. The fourth-order valence-electron chi connectivity index (χ4n) is 2.31. The first-order valence-electron chi connectivity index (χ1n) is 7.16. The van der Waals surface area contributed by atoms with Crippen molar-refractivity contribution in [2.24, 2.45) is 0 Å². The third-order valence-corrected chi connectivity index (χ3v) is 3.79. The van der Waals surface area contributed by atoms with Gasteiger partial charge in [-0.2, -0.15) is 0 Å². The minimum Gasteiger partial charge on any atom is -0.370 e. The highest BCUT2D eigenvalue weighted by Gasteiger charge is 2.10. The largest absolute Gasteiger partial charge is 0.370 e. The van der Waals surface area contributed by atoms with Crippen LogP contribution in [0, 0.1) is 0 Å². The number of nitrogens with one attached hydrogen (secondary N) is 1. The molecule has 0 aromatic carbocycles. The Labute approximate surface area is 124 Å². The second-order valence-corrected chi connectivity index (χ2v) is 6.23. The lowest BCUT2D eigenvalue weighted by atomic mass is 10.2. The molecule has 2 rings (SSSR count). The highest BCUT2D eigenvalue weighted by atomic mass is 79.9. The zero-order valence-electron chi connectivity index (χ0n) is 11.8. The Bertz CT molecular complexity index is 402. The molecule has 1 N–H and O–H groups in total. The Kier molecular flexibility index (Phi) is 5.58. The van der Waals surface area contributed by atoms with Crippen molar-refractivity contribution in [1.82, 2.24) is 14.9 Å². The Morgan fingerprint density at radius 1 is 1.32 bits per heavy atom. The topological polar surface area (TPSA) is 41.1 Å². The van der Waals surface area contributed by atoms with Crippen LogP contribution in [-0.2, 0) is 0 Å². The smallest absolute Gasteiger partial charge is 0.134 e.